The van der Waals surface area contributed by atoms with Crippen molar-refractivity contribution in [3.63, 3.8) is 0 Å². The van der Waals surface area contributed by atoms with Crippen LogP contribution in [0.2, 0.25) is 0 Å². The van der Waals surface area contributed by atoms with E-state index < -0.39 is 0 Å². The number of benzene rings is 3. The number of amides is 1. The minimum absolute atomic E-state index is 0.0209. The third-order valence-electron chi connectivity index (χ3n) is 6.43. The number of hydrogen-bond donors (Lipinski definition) is 2. The van der Waals surface area contributed by atoms with Crippen molar-refractivity contribution >= 4 is 28.0 Å². The van der Waals surface area contributed by atoms with E-state index in [-0.39, 0.29) is 11.9 Å². The Morgan fingerprint density at radius 2 is 1.76 bits per heavy atom. The van der Waals surface area contributed by atoms with Crippen molar-refractivity contribution in [2.24, 2.45) is 0 Å². The van der Waals surface area contributed by atoms with Gasteiger partial charge in [0.05, 0.1) is 11.7 Å². The number of aromatic amines is 1. The van der Waals surface area contributed by atoms with Crippen molar-refractivity contribution < 1.29 is 9.53 Å². The molecule has 1 heterocycles. The fourth-order valence-electron chi connectivity index (χ4n) is 4.35. The maximum Gasteiger partial charge on any atom is 0.245 e. The molecule has 0 aliphatic heterocycles. The second kappa shape index (κ2) is 12.9. The number of ether oxygens (including phenoxy) is 1. The number of nitrogens with zero attached hydrogens (tertiary/aromatic N) is 2. The number of rotatable bonds is 11. The van der Waals surface area contributed by atoms with Crippen LogP contribution in [0.1, 0.15) is 37.0 Å². The molecule has 1 unspecified atom stereocenters. The minimum atomic E-state index is -0.0209. The lowest BCUT2D eigenvalue weighted by Crippen LogP contribution is -2.32. The molecule has 0 aliphatic rings. The molecule has 38 heavy (non-hydrogen) atoms. The van der Waals surface area contributed by atoms with Crippen LogP contribution in [0.5, 0.6) is 5.75 Å². The average Bonchev–Trinajstić information content (AvgIpc) is 3.41. The normalized spacial score (nSPS) is 12.9. The quantitative estimate of drug-likeness (QED) is 0.195. The van der Waals surface area contributed by atoms with Gasteiger partial charge < -0.3 is 15.0 Å². The first kappa shape index (κ1) is 26.9. The zero-order valence-electron chi connectivity index (χ0n) is 22.6. The number of fused-ring (bicyclic) bond motifs is 1. The Hall–Kier alpha value is -4.16. The van der Waals surface area contributed by atoms with Crippen molar-refractivity contribution in [2.75, 3.05) is 27.2 Å². The van der Waals surface area contributed by atoms with E-state index in [1.165, 1.54) is 16.7 Å². The number of allylic oxidation sites excluding steroid dienone is 1. The molecule has 0 fully saturated rings. The van der Waals surface area contributed by atoms with Gasteiger partial charge in [0.15, 0.2) is 0 Å². The molecule has 4 aromatic rings. The van der Waals surface area contributed by atoms with Crippen LogP contribution >= 0.6 is 0 Å². The summed E-state index contributed by atoms with van der Waals surface area (Å²) in [6.45, 7) is 5.41. The summed E-state index contributed by atoms with van der Waals surface area (Å²) in [7, 11) is 3.48. The van der Waals surface area contributed by atoms with E-state index >= 15 is 0 Å². The molecule has 3 aromatic carbocycles. The number of hydrogen-bond acceptors (Lipinski definition) is 4. The van der Waals surface area contributed by atoms with E-state index in [0.717, 1.165) is 34.2 Å². The minimum Gasteiger partial charge on any atom is -0.492 e. The van der Waals surface area contributed by atoms with E-state index in [4.69, 9.17) is 4.74 Å². The van der Waals surface area contributed by atoms with E-state index in [1.54, 1.807) is 25.1 Å². The van der Waals surface area contributed by atoms with Crippen molar-refractivity contribution in [3.05, 3.63) is 108 Å². The summed E-state index contributed by atoms with van der Waals surface area (Å²) >= 11 is 0. The molecule has 0 saturated heterocycles. The smallest absolute Gasteiger partial charge is 0.245 e. The van der Waals surface area contributed by atoms with Gasteiger partial charge in [-0.25, -0.2) is 0 Å². The number of carbonyl (C=O) groups excluding carboxylic acids is 1. The first-order valence-electron chi connectivity index (χ1n) is 13.0. The van der Waals surface area contributed by atoms with Crippen molar-refractivity contribution in [3.8, 4) is 5.75 Å². The maximum absolute atomic E-state index is 11.6. The Kier molecular flexibility index (Phi) is 9.11. The molecule has 0 radical (unpaired) electrons. The second-order valence-corrected chi connectivity index (χ2v) is 9.52. The molecular formula is C32H36N4O2. The summed E-state index contributed by atoms with van der Waals surface area (Å²) < 4.78 is 6.05. The molecule has 6 nitrogen and oxygen atoms in total. The molecule has 1 atom stereocenters. The highest BCUT2D eigenvalue weighted by Gasteiger charge is 2.14. The number of carbonyl (C=O) groups is 1. The van der Waals surface area contributed by atoms with Crippen LogP contribution in [0.15, 0.2) is 91.1 Å². The Morgan fingerprint density at radius 1 is 1.03 bits per heavy atom. The van der Waals surface area contributed by atoms with Gasteiger partial charge >= 0.3 is 0 Å². The van der Waals surface area contributed by atoms with Gasteiger partial charge in [-0.1, -0.05) is 61.5 Å². The van der Waals surface area contributed by atoms with Crippen molar-refractivity contribution in [2.45, 2.75) is 26.3 Å². The fourth-order valence-corrected chi connectivity index (χ4v) is 4.35. The van der Waals surface area contributed by atoms with Crippen LogP contribution in [0.25, 0.3) is 22.0 Å². The van der Waals surface area contributed by atoms with Gasteiger partial charge in [-0.15, -0.1) is 0 Å². The topological polar surface area (TPSA) is 70.2 Å². The Morgan fingerprint density at radius 3 is 2.47 bits per heavy atom. The summed E-state index contributed by atoms with van der Waals surface area (Å²) in [5.41, 5.74) is 7.05. The molecule has 196 valence electrons. The highest BCUT2D eigenvalue weighted by molar-refractivity contribution is 6.00. The second-order valence-electron chi connectivity index (χ2n) is 9.52. The summed E-state index contributed by atoms with van der Waals surface area (Å²) in [5.74, 6) is 0.801. The van der Waals surface area contributed by atoms with Gasteiger partial charge in [0, 0.05) is 38.1 Å². The van der Waals surface area contributed by atoms with Crippen LogP contribution in [-0.4, -0.2) is 54.3 Å². The van der Waals surface area contributed by atoms with Crippen LogP contribution in [0.4, 0.5) is 0 Å². The number of likely N-dealkylation sites (N-methyl/N-ethyl adjacent to an activating group) is 1. The lowest BCUT2D eigenvalue weighted by Gasteiger charge is -2.18. The fraction of sp³-hybridized carbons (Fsp3) is 0.250. The Labute approximate surface area is 225 Å². The van der Waals surface area contributed by atoms with Gasteiger partial charge in [0.2, 0.25) is 5.91 Å². The maximum atomic E-state index is 11.6. The molecule has 6 heteroatoms. The van der Waals surface area contributed by atoms with Crippen molar-refractivity contribution in [1.82, 2.24) is 20.4 Å². The van der Waals surface area contributed by atoms with Crippen LogP contribution in [-0.2, 0) is 4.79 Å². The van der Waals surface area contributed by atoms with Gasteiger partial charge in [-0.3, -0.25) is 9.89 Å². The summed E-state index contributed by atoms with van der Waals surface area (Å²) in [6.07, 6.45) is 6.18. The number of aromatic nitrogens is 2. The van der Waals surface area contributed by atoms with E-state index in [2.05, 4.69) is 90.0 Å². The Balaban J connectivity index is 1.52. The number of H-pyrrole nitrogens is 1. The molecule has 1 amide bonds. The molecule has 1 aromatic heterocycles. The molecule has 0 aliphatic carbocycles. The van der Waals surface area contributed by atoms with Crippen LogP contribution in [0.3, 0.4) is 0 Å². The molecule has 2 N–H and O–H groups in total. The largest absolute Gasteiger partial charge is 0.492 e. The molecule has 4 rings (SSSR count). The zero-order valence-corrected chi connectivity index (χ0v) is 22.6. The summed E-state index contributed by atoms with van der Waals surface area (Å²) in [5, 5.41) is 11.7. The lowest BCUT2D eigenvalue weighted by atomic mass is 9.88. The first-order valence-corrected chi connectivity index (χ1v) is 13.0. The molecular weight excluding hydrogens is 472 g/mol. The lowest BCUT2D eigenvalue weighted by molar-refractivity contribution is -0.123. The zero-order chi connectivity index (χ0) is 26.9. The molecule has 0 spiro atoms. The third kappa shape index (κ3) is 6.78. The van der Waals surface area contributed by atoms with Gasteiger partial charge in [0.1, 0.15) is 12.4 Å². The van der Waals surface area contributed by atoms with Crippen molar-refractivity contribution in [1.29, 1.82) is 0 Å². The first-order chi connectivity index (χ1) is 18.5. The van der Waals surface area contributed by atoms with Gasteiger partial charge in [-0.2, -0.15) is 5.10 Å². The molecule has 0 saturated carbocycles. The monoisotopic (exact) mass is 508 g/mol. The van der Waals surface area contributed by atoms with Crippen LogP contribution in [0, 0.1) is 0 Å². The van der Waals surface area contributed by atoms with Gasteiger partial charge in [-0.05, 0) is 65.4 Å². The van der Waals surface area contributed by atoms with Gasteiger partial charge in [0.25, 0.3) is 0 Å². The summed E-state index contributed by atoms with van der Waals surface area (Å²) in [4.78, 5) is 13.2. The van der Waals surface area contributed by atoms with Crippen LogP contribution < -0.4 is 10.1 Å². The highest BCUT2D eigenvalue weighted by atomic mass is 16.5. The van der Waals surface area contributed by atoms with E-state index in [0.29, 0.717) is 13.2 Å². The predicted octanol–water partition coefficient (Wildman–Crippen LogP) is 5.93. The molecule has 0 bridgehead atoms. The SMILES string of the molecule is CC/C(=C(/c1ccc(OCC(C)NC/C=C/C(=O)N(C)C)cc1)c1ccc2[nH]ncc2c1)c1ccccc1. The number of nitrogens with one attached hydrogen (secondary N) is 2. The van der Waals surface area contributed by atoms with E-state index in [1.807, 2.05) is 24.4 Å². The van der Waals surface area contributed by atoms with E-state index in [9.17, 15) is 4.79 Å². The standard InChI is InChI=1S/C32H36N4O2/c1-5-29(24-10-7-6-8-11-24)32(26-15-18-30-27(20-26)21-34-35-30)25-13-16-28(17-14-25)38-22-23(2)33-19-9-12-31(37)36(3)4/h6-18,20-21,23,33H,5,19,22H2,1-4H3,(H,34,35)/b12-9+,32-29+. The summed E-state index contributed by atoms with van der Waals surface area (Å²) in [6, 6.07) is 25.5. The third-order valence-corrected chi connectivity index (χ3v) is 6.43. The Bertz CT molecular complexity index is 1400. The average molecular weight is 509 g/mol. The predicted molar refractivity (Wildman–Crippen MR) is 156 cm³/mol. The highest BCUT2D eigenvalue weighted by Crippen LogP contribution is 2.36.